The van der Waals surface area contributed by atoms with Gasteiger partial charge in [-0.3, -0.25) is 0 Å². The fourth-order valence-corrected chi connectivity index (χ4v) is 4.00. The Hall–Kier alpha value is -0.650. The zero-order chi connectivity index (χ0) is 15.2. The molecular formula is C16H29N3OS. The maximum Gasteiger partial charge on any atom is 0.185 e. The second kappa shape index (κ2) is 8.11. The lowest BCUT2D eigenvalue weighted by atomic mass is 10.1. The van der Waals surface area contributed by atoms with Crippen molar-refractivity contribution in [3.63, 3.8) is 0 Å². The predicted molar refractivity (Wildman–Crippen MR) is 90.4 cm³/mol. The third-order valence-corrected chi connectivity index (χ3v) is 5.30. The molecule has 1 unspecified atom stereocenters. The molecule has 2 heterocycles. The average molecular weight is 311 g/mol. The fourth-order valence-electron chi connectivity index (χ4n) is 2.78. The van der Waals surface area contributed by atoms with Gasteiger partial charge in [0, 0.05) is 38.2 Å². The number of methoxy groups -OCH3 is 1. The number of hydrogen-bond acceptors (Lipinski definition) is 5. The standard InChI is InChI=1S/C16H29N3OS/c1-5-13-6-8-19(11-13)16-18-15(12(2)3)14(21-16)10-17-7-9-20-4/h12-13,17H,5-11H2,1-4H3. The first-order valence-electron chi connectivity index (χ1n) is 8.09. The molecule has 0 radical (unpaired) electrons. The number of rotatable bonds is 8. The lowest BCUT2D eigenvalue weighted by Crippen LogP contribution is -2.19. The maximum atomic E-state index is 5.09. The van der Waals surface area contributed by atoms with Gasteiger partial charge in [-0.05, 0) is 18.3 Å². The maximum absolute atomic E-state index is 5.09. The van der Waals surface area contributed by atoms with Crippen molar-refractivity contribution in [2.75, 3.05) is 38.3 Å². The topological polar surface area (TPSA) is 37.4 Å². The summed E-state index contributed by atoms with van der Waals surface area (Å²) >= 11 is 1.87. The van der Waals surface area contributed by atoms with E-state index in [4.69, 9.17) is 9.72 Å². The van der Waals surface area contributed by atoms with Crippen LogP contribution < -0.4 is 10.2 Å². The van der Waals surface area contributed by atoms with Crippen molar-refractivity contribution in [2.24, 2.45) is 5.92 Å². The third kappa shape index (κ3) is 4.41. The normalized spacial score (nSPS) is 18.9. The van der Waals surface area contributed by atoms with Gasteiger partial charge in [-0.2, -0.15) is 0 Å². The van der Waals surface area contributed by atoms with Crippen LogP contribution in [0.15, 0.2) is 0 Å². The zero-order valence-corrected chi connectivity index (χ0v) is 14.6. The van der Waals surface area contributed by atoms with Crippen molar-refractivity contribution in [3.8, 4) is 0 Å². The second-order valence-electron chi connectivity index (χ2n) is 6.14. The zero-order valence-electron chi connectivity index (χ0n) is 13.8. The highest BCUT2D eigenvalue weighted by atomic mass is 32.1. The van der Waals surface area contributed by atoms with Crippen molar-refractivity contribution >= 4 is 16.5 Å². The van der Waals surface area contributed by atoms with Gasteiger partial charge in [0.25, 0.3) is 0 Å². The predicted octanol–water partition coefficient (Wildman–Crippen LogP) is 3.24. The Bertz CT molecular complexity index is 433. The number of ether oxygens (including phenoxy) is 1. The van der Waals surface area contributed by atoms with Gasteiger partial charge in [0.1, 0.15) is 0 Å². The molecule has 0 aliphatic carbocycles. The van der Waals surface area contributed by atoms with Crippen molar-refractivity contribution < 1.29 is 4.74 Å². The molecule has 0 amide bonds. The number of thiazole rings is 1. The van der Waals surface area contributed by atoms with Crippen molar-refractivity contribution in [1.29, 1.82) is 0 Å². The van der Waals surface area contributed by atoms with Crippen molar-refractivity contribution in [1.82, 2.24) is 10.3 Å². The van der Waals surface area contributed by atoms with Gasteiger partial charge in [0.15, 0.2) is 5.13 Å². The van der Waals surface area contributed by atoms with Crippen LogP contribution in [0.25, 0.3) is 0 Å². The Morgan fingerprint density at radius 3 is 2.90 bits per heavy atom. The largest absolute Gasteiger partial charge is 0.383 e. The summed E-state index contributed by atoms with van der Waals surface area (Å²) < 4.78 is 5.09. The average Bonchev–Trinajstić information content (AvgIpc) is 3.09. The van der Waals surface area contributed by atoms with Gasteiger partial charge in [0.05, 0.1) is 12.3 Å². The molecule has 120 valence electrons. The van der Waals surface area contributed by atoms with E-state index in [-0.39, 0.29) is 0 Å². The fraction of sp³-hybridized carbons (Fsp3) is 0.812. The third-order valence-electron chi connectivity index (χ3n) is 4.17. The van der Waals surface area contributed by atoms with E-state index in [1.807, 2.05) is 11.3 Å². The van der Waals surface area contributed by atoms with Crippen LogP contribution in [0.5, 0.6) is 0 Å². The van der Waals surface area contributed by atoms with Gasteiger partial charge in [0.2, 0.25) is 0 Å². The molecule has 1 aromatic rings. The SMILES string of the molecule is CCC1CCN(c2nc(C(C)C)c(CNCCOC)s2)C1. The lowest BCUT2D eigenvalue weighted by Gasteiger charge is -2.14. The van der Waals surface area contributed by atoms with Crippen molar-refractivity contribution in [3.05, 3.63) is 10.6 Å². The summed E-state index contributed by atoms with van der Waals surface area (Å²) in [6.07, 6.45) is 2.60. The van der Waals surface area contributed by atoms with E-state index in [1.54, 1.807) is 7.11 Å². The monoisotopic (exact) mass is 311 g/mol. The van der Waals surface area contributed by atoms with E-state index in [1.165, 1.54) is 41.6 Å². The Kier molecular flexibility index (Phi) is 6.45. The first-order chi connectivity index (χ1) is 10.2. The lowest BCUT2D eigenvalue weighted by molar-refractivity contribution is 0.199. The molecule has 0 aromatic carbocycles. The minimum Gasteiger partial charge on any atom is -0.383 e. The van der Waals surface area contributed by atoms with Gasteiger partial charge >= 0.3 is 0 Å². The quantitative estimate of drug-likeness (QED) is 0.748. The summed E-state index contributed by atoms with van der Waals surface area (Å²) in [4.78, 5) is 8.79. The van der Waals surface area contributed by atoms with Crippen LogP contribution in [0.1, 0.15) is 50.1 Å². The molecule has 1 N–H and O–H groups in total. The molecular weight excluding hydrogens is 282 g/mol. The van der Waals surface area contributed by atoms with Gasteiger partial charge in [-0.1, -0.05) is 27.2 Å². The molecule has 0 bridgehead atoms. The number of nitrogens with zero attached hydrogens (tertiary/aromatic N) is 2. The second-order valence-corrected chi connectivity index (χ2v) is 7.20. The number of aromatic nitrogens is 1. The van der Waals surface area contributed by atoms with Crippen LogP contribution in [-0.2, 0) is 11.3 Å². The molecule has 1 saturated heterocycles. The smallest absolute Gasteiger partial charge is 0.185 e. The first-order valence-corrected chi connectivity index (χ1v) is 8.91. The van der Waals surface area contributed by atoms with Crippen LogP contribution in [0.4, 0.5) is 5.13 Å². The number of nitrogens with one attached hydrogen (secondary N) is 1. The van der Waals surface area contributed by atoms with E-state index < -0.39 is 0 Å². The molecule has 2 rings (SSSR count). The first kappa shape index (κ1) is 16.7. The summed E-state index contributed by atoms with van der Waals surface area (Å²) in [5, 5.41) is 4.67. The minimum atomic E-state index is 0.485. The molecule has 0 spiro atoms. The Morgan fingerprint density at radius 1 is 1.48 bits per heavy atom. The van der Waals surface area contributed by atoms with E-state index in [2.05, 4.69) is 31.0 Å². The molecule has 4 nitrogen and oxygen atoms in total. The highest BCUT2D eigenvalue weighted by Crippen LogP contribution is 2.34. The van der Waals surface area contributed by atoms with E-state index in [0.717, 1.165) is 25.6 Å². The summed E-state index contributed by atoms with van der Waals surface area (Å²) in [6, 6.07) is 0. The van der Waals surface area contributed by atoms with E-state index in [9.17, 15) is 0 Å². The Morgan fingerprint density at radius 2 is 2.29 bits per heavy atom. The molecule has 1 atom stereocenters. The van der Waals surface area contributed by atoms with E-state index >= 15 is 0 Å². The van der Waals surface area contributed by atoms with Gasteiger partial charge < -0.3 is 15.0 Å². The highest BCUT2D eigenvalue weighted by molar-refractivity contribution is 7.15. The van der Waals surface area contributed by atoms with Crippen LogP contribution in [0.2, 0.25) is 0 Å². The summed E-state index contributed by atoms with van der Waals surface area (Å²) in [5.41, 5.74) is 1.26. The molecule has 1 aromatic heterocycles. The summed E-state index contributed by atoms with van der Waals surface area (Å²) in [6.45, 7) is 11.7. The molecule has 1 aliphatic rings. The summed E-state index contributed by atoms with van der Waals surface area (Å²) in [5.74, 6) is 1.33. The summed E-state index contributed by atoms with van der Waals surface area (Å²) in [7, 11) is 1.74. The minimum absolute atomic E-state index is 0.485. The van der Waals surface area contributed by atoms with Crippen LogP contribution in [0, 0.1) is 5.92 Å². The Labute approximate surface area is 132 Å². The molecule has 5 heteroatoms. The van der Waals surface area contributed by atoms with Crippen LogP contribution in [0.3, 0.4) is 0 Å². The number of hydrogen-bond donors (Lipinski definition) is 1. The van der Waals surface area contributed by atoms with Crippen molar-refractivity contribution in [2.45, 2.75) is 46.1 Å². The molecule has 1 aliphatic heterocycles. The molecule has 0 saturated carbocycles. The van der Waals surface area contributed by atoms with Gasteiger partial charge in [-0.15, -0.1) is 11.3 Å². The van der Waals surface area contributed by atoms with Crippen LogP contribution >= 0.6 is 11.3 Å². The molecule has 21 heavy (non-hydrogen) atoms. The Balaban J connectivity index is 2.02. The number of anilines is 1. The molecule has 1 fully saturated rings. The van der Waals surface area contributed by atoms with Gasteiger partial charge in [-0.25, -0.2) is 4.98 Å². The van der Waals surface area contributed by atoms with E-state index in [0.29, 0.717) is 5.92 Å². The van der Waals surface area contributed by atoms with Crippen LogP contribution in [-0.4, -0.2) is 38.3 Å². The highest BCUT2D eigenvalue weighted by Gasteiger charge is 2.25.